The minimum atomic E-state index is -0.507. The smallest absolute Gasteiger partial charge is 0.113 e. The van der Waals surface area contributed by atoms with Crippen molar-refractivity contribution in [2.24, 2.45) is 5.73 Å². The Morgan fingerprint density at radius 3 is 2.44 bits per heavy atom. The molecule has 1 atom stereocenters. The molecule has 18 heavy (non-hydrogen) atoms. The van der Waals surface area contributed by atoms with E-state index in [9.17, 15) is 5.11 Å². The molecule has 3 rings (SSSR count). The van der Waals surface area contributed by atoms with Crippen LogP contribution in [0, 0.1) is 0 Å². The lowest BCUT2D eigenvalue weighted by Gasteiger charge is -2.15. The van der Waals surface area contributed by atoms with Crippen molar-refractivity contribution in [3.63, 3.8) is 0 Å². The Morgan fingerprint density at radius 1 is 1.22 bits per heavy atom. The Morgan fingerprint density at radius 2 is 1.94 bits per heavy atom. The van der Waals surface area contributed by atoms with Crippen LogP contribution in [-0.4, -0.2) is 11.7 Å². The number of hydrogen-bond donors (Lipinski definition) is 2. The van der Waals surface area contributed by atoms with Gasteiger partial charge >= 0.3 is 0 Å². The molecule has 0 radical (unpaired) electrons. The zero-order chi connectivity index (χ0) is 12.6. The van der Waals surface area contributed by atoms with Crippen molar-refractivity contribution in [1.29, 1.82) is 0 Å². The summed E-state index contributed by atoms with van der Waals surface area (Å²) in [6.07, 6.45) is 1.87. The van der Waals surface area contributed by atoms with Gasteiger partial charge in [0.25, 0.3) is 0 Å². The number of hydrogen-bond acceptors (Lipinski definition) is 3. The van der Waals surface area contributed by atoms with E-state index < -0.39 is 6.10 Å². The third-order valence-corrected chi connectivity index (χ3v) is 4.82. The van der Waals surface area contributed by atoms with Crippen molar-refractivity contribution in [1.82, 2.24) is 0 Å². The van der Waals surface area contributed by atoms with Gasteiger partial charge in [-0.1, -0.05) is 30.3 Å². The first-order valence-corrected chi connectivity index (χ1v) is 7.15. The molecule has 0 bridgehead atoms. The third-order valence-electron chi connectivity index (χ3n) is 3.90. The number of thiophene rings is 1. The Labute approximate surface area is 111 Å². The zero-order valence-corrected chi connectivity index (χ0v) is 11.0. The van der Waals surface area contributed by atoms with Crippen LogP contribution in [0.4, 0.5) is 0 Å². The fourth-order valence-corrected chi connectivity index (χ4v) is 3.13. The first kappa shape index (κ1) is 11.9. The summed E-state index contributed by atoms with van der Waals surface area (Å²) in [6, 6.07) is 12.2. The van der Waals surface area contributed by atoms with Crippen LogP contribution in [0.2, 0.25) is 0 Å². The maximum Gasteiger partial charge on any atom is 0.113 e. The number of aliphatic hydroxyl groups is 1. The molecule has 2 aromatic rings. The molecule has 3 heteroatoms. The molecule has 1 unspecified atom stereocenters. The van der Waals surface area contributed by atoms with E-state index in [1.165, 1.54) is 18.4 Å². The minimum absolute atomic E-state index is 0.229. The van der Waals surface area contributed by atoms with E-state index in [0.717, 1.165) is 17.0 Å². The van der Waals surface area contributed by atoms with Gasteiger partial charge in [0.2, 0.25) is 0 Å². The summed E-state index contributed by atoms with van der Waals surface area (Å²) in [5.41, 5.74) is 8.32. The van der Waals surface area contributed by atoms with Crippen LogP contribution in [0.15, 0.2) is 41.8 Å². The molecule has 0 saturated heterocycles. The standard InChI is InChI=1S/C15H17NOS/c16-10-15(7-8-15)12-5-3-11(4-6-12)14(17)13-2-1-9-18-13/h1-6,9,14,17H,7-8,10,16H2. The van der Waals surface area contributed by atoms with Crippen molar-refractivity contribution >= 4 is 11.3 Å². The summed E-state index contributed by atoms with van der Waals surface area (Å²) >= 11 is 1.58. The summed E-state index contributed by atoms with van der Waals surface area (Å²) in [5.74, 6) is 0. The molecule has 1 fully saturated rings. The van der Waals surface area contributed by atoms with Crippen molar-refractivity contribution in [3.8, 4) is 0 Å². The first-order valence-electron chi connectivity index (χ1n) is 6.27. The Kier molecular flexibility index (Phi) is 2.98. The molecule has 3 N–H and O–H groups in total. The Hall–Kier alpha value is -1.16. The van der Waals surface area contributed by atoms with Gasteiger partial charge in [0.15, 0.2) is 0 Å². The van der Waals surface area contributed by atoms with E-state index in [2.05, 4.69) is 12.1 Å². The monoisotopic (exact) mass is 259 g/mol. The Balaban J connectivity index is 1.83. The second-order valence-corrected chi connectivity index (χ2v) is 6.00. The highest BCUT2D eigenvalue weighted by Crippen LogP contribution is 2.47. The van der Waals surface area contributed by atoms with Gasteiger partial charge in [0.1, 0.15) is 6.10 Å². The van der Waals surface area contributed by atoms with Gasteiger partial charge in [-0.25, -0.2) is 0 Å². The fraction of sp³-hybridized carbons (Fsp3) is 0.333. The van der Waals surface area contributed by atoms with Crippen LogP contribution < -0.4 is 5.73 Å². The molecule has 1 aliphatic carbocycles. The van der Waals surface area contributed by atoms with Crippen LogP contribution in [0.25, 0.3) is 0 Å². The fourth-order valence-electron chi connectivity index (χ4n) is 2.39. The maximum atomic E-state index is 10.2. The molecular formula is C15H17NOS. The summed E-state index contributed by atoms with van der Waals surface area (Å²) in [5, 5.41) is 12.2. The molecule has 1 aromatic heterocycles. The molecule has 1 saturated carbocycles. The lowest BCUT2D eigenvalue weighted by Crippen LogP contribution is -2.19. The highest BCUT2D eigenvalue weighted by atomic mass is 32.1. The SMILES string of the molecule is NCC1(c2ccc(C(O)c3cccs3)cc2)CC1. The lowest BCUT2D eigenvalue weighted by molar-refractivity contribution is 0.224. The van der Waals surface area contributed by atoms with Crippen molar-refractivity contribution in [2.45, 2.75) is 24.4 Å². The van der Waals surface area contributed by atoms with E-state index in [1.54, 1.807) is 11.3 Å². The largest absolute Gasteiger partial charge is 0.383 e. The van der Waals surface area contributed by atoms with Gasteiger partial charge < -0.3 is 10.8 Å². The molecular weight excluding hydrogens is 242 g/mol. The van der Waals surface area contributed by atoms with E-state index in [1.807, 2.05) is 29.6 Å². The molecule has 0 aliphatic heterocycles. The summed E-state index contributed by atoms with van der Waals surface area (Å²) in [7, 11) is 0. The van der Waals surface area contributed by atoms with Crippen LogP contribution in [-0.2, 0) is 5.41 Å². The number of nitrogens with two attached hydrogens (primary N) is 1. The van der Waals surface area contributed by atoms with Gasteiger partial charge in [-0.15, -0.1) is 11.3 Å². The van der Waals surface area contributed by atoms with Gasteiger partial charge in [-0.05, 0) is 35.4 Å². The normalized spacial score (nSPS) is 18.6. The van der Waals surface area contributed by atoms with Gasteiger partial charge in [-0.2, -0.15) is 0 Å². The van der Waals surface area contributed by atoms with Crippen LogP contribution in [0.5, 0.6) is 0 Å². The number of benzene rings is 1. The van der Waals surface area contributed by atoms with E-state index >= 15 is 0 Å². The second-order valence-electron chi connectivity index (χ2n) is 5.02. The Bertz CT molecular complexity index is 514. The summed E-state index contributed by atoms with van der Waals surface area (Å²) in [6.45, 7) is 0.722. The van der Waals surface area contributed by atoms with E-state index in [-0.39, 0.29) is 5.41 Å². The predicted octanol–water partition coefficient (Wildman–Crippen LogP) is 2.82. The summed E-state index contributed by atoms with van der Waals surface area (Å²) < 4.78 is 0. The minimum Gasteiger partial charge on any atom is -0.383 e. The maximum absolute atomic E-state index is 10.2. The van der Waals surface area contributed by atoms with Gasteiger partial charge in [0.05, 0.1) is 0 Å². The average Bonchev–Trinajstić information content (AvgIpc) is 3.04. The molecule has 0 amide bonds. The lowest BCUT2D eigenvalue weighted by atomic mass is 9.94. The highest BCUT2D eigenvalue weighted by molar-refractivity contribution is 7.10. The van der Waals surface area contributed by atoms with Crippen molar-refractivity contribution < 1.29 is 5.11 Å². The molecule has 1 aromatic carbocycles. The van der Waals surface area contributed by atoms with Crippen LogP contribution in [0.3, 0.4) is 0 Å². The predicted molar refractivity (Wildman–Crippen MR) is 74.8 cm³/mol. The van der Waals surface area contributed by atoms with E-state index in [0.29, 0.717) is 0 Å². The van der Waals surface area contributed by atoms with Crippen LogP contribution in [0.1, 0.15) is 34.9 Å². The zero-order valence-electron chi connectivity index (χ0n) is 10.2. The molecule has 2 nitrogen and oxygen atoms in total. The van der Waals surface area contributed by atoms with Crippen LogP contribution >= 0.6 is 11.3 Å². The van der Waals surface area contributed by atoms with Crippen molar-refractivity contribution in [3.05, 3.63) is 57.8 Å². The van der Waals surface area contributed by atoms with Gasteiger partial charge in [0, 0.05) is 16.8 Å². The quantitative estimate of drug-likeness (QED) is 0.887. The highest BCUT2D eigenvalue weighted by Gasteiger charge is 2.42. The summed E-state index contributed by atoms with van der Waals surface area (Å²) in [4.78, 5) is 0.989. The second kappa shape index (κ2) is 4.50. The molecule has 1 heterocycles. The first-order chi connectivity index (χ1) is 8.75. The molecule has 1 aliphatic rings. The molecule has 0 spiro atoms. The molecule has 94 valence electrons. The number of aliphatic hydroxyl groups excluding tert-OH is 1. The average molecular weight is 259 g/mol. The number of rotatable bonds is 4. The third kappa shape index (κ3) is 1.99. The van der Waals surface area contributed by atoms with Crippen molar-refractivity contribution in [2.75, 3.05) is 6.54 Å². The topological polar surface area (TPSA) is 46.2 Å². The van der Waals surface area contributed by atoms with E-state index in [4.69, 9.17) is 5.73 Å². The van der Waals surface area contributed by atoms with Gasteiger partial charge in [-0.3, -0.25) is 0 Å².